The Kier molecular flexibility index (Phi) is 6.61. The fraction of sp³-hybridized carbons (Fsp3) is 0.519. The molecule has 3 aliphatic rings. The summed E-state index contributed by atoms with van der Waals surface area (Å²) in [6, 6.07) is 7.10. The molecule has 0 spiro atoms. The van der Waals surface area contributed by atoms with Crippen molar-refractivity contribution in [3.8, 4) is 0 Å². The van der Waals surface area contributed by atoms with Gasteiger partial charge in [-0.05, 0) is 69.6 Å². The number of ether oxygens (including phenoxy) is 2. The van der Waals surface area contributed by atoms with Crippen LogP contribution in [0.4, 0.5) is 17.2 Å². The number of aryl methyl sites for hydroxylation is 1. The molecule has 4 heterocycles. The molecular formula is C27H33N5O5S. The fourth-order valence-electron chi connectivity index (χ4n) is 5.31. The Hall–Kier alpha value is -3.02. The third-order valence-corrected chi connectivity index (χ3v) is 8.58. The molecular weight excluding hydrogens is 506 g/mol. The maximum Gasteiger partial charge on any atom is 0.228 e. The summed E-state index contributed by atoms with van der Waals surface area (Å²) in [5, 5.41) is 6.26. The molecule has 1 saturated carbocycles. The molecule has 1 aromatic carbocycles. The van der Waals surface area contributed by atoms with Gasteiger partial charge in [0.05, 0.1) is 22.4 Å². The molecule has 0 bridgehead atoms. The number of amides is 1. The number of anilines is 3. The van der Waals surface area contributed by atoms with Gasteiger partial charge in [0.25, 0.3) is 0 Å². The van der Waals surface area contributed by atoms with Crippen molar-refractivity contribution in [2.45, 2.75) is 69.1 Å². The summed E-state index contributed by atoms with van der Waals surface area (Å²) in [6.07, 6.45) is 7.38. The number of hydrogen-bond donors (Lipinski definition) is 2. The van der Waals surface area contributed by atoms with Crippen molar-refractivity contribution in [3.63, 3.8) is 0 Å². The molecule has 1 amide bonds. The number of pyridine rings is 1. The van der Waals surface area contributed by atoms with Crippen LogP contribution in [0.15, 0.2) is 29.2 Å². The largest absolute Gasteiger partial charge is 0.374 e. The highest BCUT2D eigenvalue weighted by atomic mass is 32.2. The quantitative estimate of drug-likeness (QED) is 0.439. The number of carbonyl (C=O) groups excluding carboxylic acids is 1. The first-order chi connectivity index (χ1) is 18.3. The van der Waals surface area contributed by atoms with E-state index in [4.69, 9.17) is 19.4 Å². The van der Waals surface area contributed by atoms with Crippen molar-refractivity contribution < 1.29 is 22.7 Å². The van der Waals surface area contributed by atoms with Crippen LogP contribution < -0.4 is 10.6 Å². The molecule has 0 radical (unpaired) electrons. The van der Waals surface area contributed by atoms with Crippen molar-refractivity contribution in [1.29, 1.82) is 0 Å². The lowest BCUT2D eigenvalue weighted by Crippen LogP contribution is -2.20. The highest BCUT2D eigenvalue weighted by Gasteiger charge is 2.31. The van der Waals surface area contributed by atoms with E-state index in [9.17, 15) is 13.2 Å². The Morgan fingerprint density at radius 3 is 2.50 bits per heavy atom. The molecule has 38 heavy (non-hydrogen) atoms. The highest BCUT2D eigenvalue weighted by Crippen LogP contribution is 2.37. The summed E-state index contributed by atoms with van der Waals surface area (Å²) in [5.74, 6) is 1.09. The minimum absolute atomic E-state index is 0.0134. The molecule has 2 saturated heterocycles. The number of benzene rings is 1. The van der Waals surface area contributed by atoms with Gasteiger partial charge in [-0.1, -0.05) is 6.07 Å². The number of hydrogen-bond acceptors (Lipinski definition) is 8. The van der Waals surface area contributed by atoms with Crippen LogP contribution in [0.3, 0.4) is 0 Å². The number of sulfone groups is 1. The van der Waals surface area contributed by atoms with Crippen LogP contribution in [0.2, 0.25) is 0 Å². The monoisotopic (exact) mass is 539 g/mol. The first kappa shape index (κ1) is 25.3. The SMILES string of the molecule is Cc1nc2c(Nc3ccc([C@@H]4CCCO4)cc3S(C)(=O)=O)cc(NC(=O)C3CC3)nc2n1C1CCCCO1. The highest BCUT2D eigenvalue weighted by molar-refractivity contribution is 7.90. The number of nitrogens with zero attached hydrogens (tertiary/aromatic N) is 3. The van der Waals surface area contributed by atoms with Gasteiger partial charge in [0.15, 0.2) is 15.5 Å². The first-order valence-corrected chi connectivity index (χ1v) is 15.2. The number of rotatable bonds is 7. The van der Waals surface area contributed by atoms with Crippen molar-refractivity contribution >= 4 is 44.1 Å². The van der Waals surface area contributed by atoms with E-state index < -0.39 is 9.84 Å². The number of nitrogens with one attached hydrogen (secondary N) is 2. The van der Waals surface area contributed by atoms with Crippen molar-refractivity contribution in [2.75, 3.05) is 30.1 Å². The summed E-state index contributed by atoms with van der Waals surface area (Å²) in [7, 11) is -3.56. The lowest BCUT2D eigenvalue weighted by Gasteiger charge is -2.25. The van der Waals surface area contributed by atoms with E-state index >= 15 is 0 Å². The van der Waals surface area contributed by atoms with E-state index in [0.29, 0.717) is 41.6 Å². The van der Waals surface area contributed by atoms with Gasteiger partial charge in [-0.3, -0.25) is 9.36 Å². The molecule has 202 valence electrons. The number of imidazole rings is 1. The molecule has 2 atom stereocenters. The Morgan fingerprint density at radius 1 is 1.00 bits per heavy atom. The van der Waals surface area contributed by atoms with E-state index in [1.54, 1.807) is 18.2 Å². The standard InChI is InChI=1S/C27H33N5O5S/c1-16-28-25-20(29-19-11-10-18(21-6-5-13-36-21)14-22(19)38(2,34)35)15-23(31-27(33)17-8-9-17)30-26(25)32(16)24-7-3-4-12-37-24/h10-11,14-15,17,21,24H,3-9,12-13H2,1-2H3,(H2,29,30,31,33)/t21-,24?/m0/s1. The maximum atomic E-state index is 12.8. The maximum absolute atomic E-state index is 12.8. The van der Waals surface area contributed by atoms with E-state index in [-0.39, 0.29) is 29.1 Å². The molecule has 6 rings (SSSR count). The second-order valence-corrected chi connectivity index (χ2v) is 12.5. The lowest BCUT2D eigenvalue weighted by atomic mass is 10.1. The van der Waals surface area contributed by atoms with Crippen LogP contribution in [0, 0.1) is 12.8 Å². The molecule has 2 N–H and O–H groups in total. The zero-order valence-corrected chi connectivity index (χ0v) is 22.5. The summed E-state index contributed by atoms with van der Waals surface area (Å²) in [6.45, 7) is 3.25. The smallest absolute Gasteiger partial charge is 0.228 e. The summed E-state index contributed by atoms with van der Waals surface area (Å²) in [5.41, 5.74) is 3.02. The van der Waals surface area contributed by atoms with E-state index in [2.05, 4.69) is 10.6 Å². The minimum atomic E-state index is -3.56. The molecule has 3 aromatic rings. The number of fused-ring (bicyclic) bond motifs is 1. The Labute approximate surface area is 222 Å². The molecule has 10 nitrogen and oxygen atoms in total. The van der Waals surface area contributed by atoms with Crippen LogP contribution in [0.5, 0.6) is 0 Å². The predicted octanol–water partition coefficient (Wildman–Crippen LogP) is 4.79. The van der Waals surface area contributed by atoms with Gasteiger partial charge in [-0.15, -0.1) is 0 Å². The van der Waals surface area contributed by atoms with Gasteiger partial charge < -0.3 is 20.1 Å². The van der Waals surface area contributed by atoms with E-state index in [0.717, 1.165) is 56.3 Å². The molecule has 2 aliphatic heterocycles. The fourth-order valence-corrected chi connectivity index (χ4v) is 6.18. The van der Waals surface area contributed by atoms with Gasteiger partial charge in [0, 0.05) is 31.5 Å². The average Bonchev–Trinajstić information content (AvgIpc) is 3.49. The molecule has 1 unspecified atom stereocenters. The zero-order chi connectivity index (χ0) is 26.4. The lowest BCUT2D eigenvalue weighted by molar-refractivity contribution is -0.117. The van der Waals surface area contributed by atoms with Gasteiger partial charge >= 0.3 is 0 Å². The second kappa shape index (κ2) is 9.94. The van der Waals surface area contributed by atoms with E-state index in [1.165, 1.54) is 6.26 Å². The Balaban J connectivity index is 1.44. The summed E-state index contributed by atoms with van der Waals surface area (Å²) < 4.78 is 39.5. The van der Waals surface area contributed by atoms with E-state index in [1.807, 2.05) is 17.6 Å². The third kappa shape index (κ3) is 5.02. The number of aromatic nitrogens is 3. The summed E-state index contributed by atoms with van der Waals surface area (Å²) in [4.78, 5) is 22.4. The average molecular weight is 540 g/mol. The zero-order valence-electron chi connectivity index (χ0n) is 21.7. The molecule has 2 aromatic heterocycles. The van der Waals surface area contributed by atoms with Crippen molar-refractivity contribution in [1.82, 2.24) is 14.5 Å². The minimum Gasteiger partial charge on any atom is -0.374 e. The Bertz CT molecular complexity index is 1490. The van der Waals surface area contributed by atoms with Gasteiger partial charge in [0.2, 0.25) is 5.91 Å². The predicted molar refractivity (Wildman–Crippen MR) is 143 cm³/mol. The summed E-state index contributed by atoms with van der Waals surface area (Å²) >= 11 is 0. The van der Waals surface area contributed by atoms with Crippen molar-refractivity contribution in [2.24, 2.45) is 5.92 Å². The van der Waals surface area contributed by atoms with Crippen LogP contribution in [0.1, 0.15) is 68.7 Å². The van der Waals surface area contributed by atoms with Crippen LogP contribution in [0.25, 0.3) is 11.2 Å². The third-order valence-electron chi connectivity index (χ3n) is 7.44. The molecule has 3 fully saturated rings. The van der Waals surface area contributed by atoms with Crippen molar-refractivity contribution in [3.05, 3.63) is 35.7 Å². The van der Waals surface area contributed by atoms with Gasteiger partial charge in [-0.2, -0.15) is 0 Å². The molecule has 11 heteroatoms. The number of carbonyl (C=O) groups is 1. The Morgan fingerprint density at radius 2 is 1.82 bits per heavy atom. The topological polar surface area (TPSA) is 124 Å². The molecule has 1 aliphatic carbocycles. The first-order valence-electron chi connectivity index (χ1n) is 13.3. The second-order valence-electron chi connectivity index (χ2n) is 10.5. The van der Waals surface area contributed by atoms with Gasteiger partial charge in [-0.25, -0.2) is 18.4 Å². The van der Waals surface area contributed by atoms with Gasteiger partial charge in [0.1, 0.15) is 23.4 Å². The van der Waals surface area contributed by atoms with Crippen LogP contribution >= 0.6 is 0 Å². The van der Waals surface area contributed by atoms with Crippen LogP contribution in [-0.2, 0) is 24.1 Å². The van der Waals surface area contributed by atoms with Crippen LogP contribution in [-0.4, -0.2) is 48.3 Å². The normalized spacial score (nSPS) is 22.1.